The van der Waals surface area contributed by atoms with E-state index in [4.69, 9.17) is 32.5 Å². The number of ketones is 1. The van der Waals surface area contributed by atoms with Gasteiger partial charge >= 0.3 is 13.8 Å². The number of aromatic hydroxyl groups is 1. The van der Waals surface area contributed by atoms with Gasteiger partial charge in [0.05, 0.1) is 33.2 Å². The molecule has 28 heteroatoms. The summed E-state index contributed by atoms with van der Waals surface area (Å²) < 4.78 is 57.2. The van der Waals surface area contributed by atoms with Gasteiger partial charge in [0.1, 0.15) is 65.6 Å². The molecule has 0 bridgehead atoms. The van der Waals surface area contributed by atoms with Gasteiger partial charge in [0, 0.05) is 111 Å². The number of aromatic amines is 1. The third-order valence-electron chi connectivity index (χ3n) is 21.6. The van der Waals surface area contributed by atoms with E-state index in [2.05, 4.69) is 47.2 Å². The number of hydrogen-bond donors (Lipinski definition) is 9. The van der Waals surface area contributed by atoms with Crippen LogP contribution in [0.25, 0.3) is 0 Å². The second-order valence-corrected chi connectivity index (χ2v) is 31.1. The average Bonchev–Trinajstić information content (AvgIpc) is 1.51. The van der Waals surface area contributed by atoms with Crippen molar-refractivity contribution in [2.45, 2.75) is 221 Å². The number of ether oxygens (including phenoxy) is 4. The van der Waals surface area contributed by atoms with E-state index < -0.39 is 85.6 Å². The van der Waals surface area contributed by atoms with Crippen LogP contribution >= 0.6 is 7.82 Å². The highest BCUT2D eigenvalue weighted by molar-refractivity contribution is 7.49. The Morgan fingerprint density at radius 2 is 1.33 bits per heavy atom. The molecule has 15 atom stereocenters. The Morgan fingerprint density at radius 1 is 0.673 bits per heavy atom. The van der Waals surface area contributed by atoms with Crippen molar-refractivity contribution < 1.29 is 75.8 Å². The number of nitrogens with one attached hydrogen (secondary N) is 8. The molecule has 12 unspecified atom stereocenters. The fourth-order valence-electron chi connectivity index (χ4n) is 16.6. The molecule has 560 valence electrons. The molecule has 9 N–H and O–H groups in total. The number of H-pyrrole nitrogens is 1. The number of hydrogen-bond acceptors (Lipinski definition) is 21. The zero-order valence-electron chi connectivity index (χ0n) is 60.1. The van der Waals surface area contributed by atoms with E-state index in [1.54, 1.807) is 135 Å². The Bertz CT molecular complexity index is 3800. The van der Waals surface area contributed by atoms with Crippen LogP contribution in [0.5, 0.6) is 28.7 Å². The summed E-state index contributed by atoms with van der Waals surface area (Å²) in [6, 6.07) is 23.0. The quantitative estimate of drug-likeness (QED) is 0.0194. The van der Waals surface area contributed by atoms with Crippen LogP contribution in [0.4, 0.5) is 0 Å². The van der Waals surface area contributed by atoms with Crippen LogP contribution in [0.3, 0.4) is 0 Å². The Balaban J connectivity index is 0.735. The van der Waals surface area contributed by atoms with Gasteiger partial charge in [0.25, 0.3) is 0 Å². The summed E-state index contributed by atoms with van der Waals surface area (Å²) in [6.07, 6.45) is 11.1. The van der Waals surface area contributed by atoms with Gasteiger partial charge in [0.15, 0.2) is 11.4 Å². The first-order chi connectivity index (χ1) is 50.1. The predicted molar refractivity (Wildman–Crippen MR) is 383 cm³/mol. The first-order valence-electron chi connectivity index (χ1n) is 36.7. The summed E-state index contributed by atoms with van der Waals surface area (Å²) in [5.74, 6) is -1.96. The summed E-state index contributed by atoms with van der Waals surface area (Å²) in [6.45, 7) is 7.76. The highest BCUT2D eigenvalue weighted by atomic mass is 31.2. The van der Waals surface area contributed by atoms with Gasteiger partial charge in [0.2, 0.25) is 29.5 Å². The Morgan fingerprint density at radius 3 is 1.97 bits per heavy atom. The van der Waals surface area contributed by atoms with E-state index in [1.165, 1.54) is 27.5 Å². The van der Waals surface area contributed by atoms with Crippen molar-refractivity contribution >= 4 is 49.1 Å². The highest BCUT2D eigenvalue weighted by Gasteiger charge is 2.59. The monoisotopic (exact) mass is 1450 g/mol. The van der Waals surface area contributed by atoms with Crippen LogP contribution in [0.2, 0.25) is 0 Å². The number of phosphoric ester groups is 1. The van der Waals surface area contributed by atoms with E-state index in [-0.39, 0.29) is 133 Å². The molecule has 7 aliphatic heterocycles. The number of nitrogens with zero attached hydrogens (tertiary/aromatic N) is 3. The summed E-state index contributed by atoms with van der Waals surface area (Å²) in [4.78, 5) is 112. The number of likely N-dealkylation sites (tertiary alicyclic amines) is 2. The summed E-state index contributed by atoms with van der Waals surface area (Å²) in [5, 5.41) is 33.8. The third kappa shape index (κ3) is 17.7. The number of carbonyl (C=O) groups excluding carboxylic acids is 7. The van der Waals surface area contributed by atoms with Crippen molar-refractivity contribution in [3.8, 4) is 28.7 Å². The second kappa shape index (κ2) is 33.3. The van der Waals surface area contributed by atoms with Gasteiger partial charge in [-0.1, -0.05) is 75.4 Å². The third-order valence-corrected chi connectivity index (χ3v) is 23.0. The first kappa shape index (κ1) is 75.3. The predicted octanol–water partition coefficient (Wildman–Crippen LogP) is 6.07. The molecule has 12 rings (SSSR count). The number of esters is 1. The number of methoxy groups -OCH3 is 2. The number of Topliss-reactive ketones (excluding diaryl/α,β-unsaturated/α-hetero) is 1. The minimum Gasteiger partial charge on any atom is -0.508 e. The standard InChI is InChI=1S/C76H100N11O16P/c1-46(88)80-61(39-47-21-24-50(89)25-22-47)71(92)86-37-14-20-64(86)58-30-28-56(82-58)57-29-32-60(83-57)69(90)84-62(41-49-43-77-45-79-49)72(93)87-65(59-31-27-55(81-59)54-19-13-36-78-54)33-34-66(87)70(91)85-63(73(94)98-6)40-48-23-26-53(42-67(48)97-5)99-44-76(74(95)75(2,3)4)68(35-38-100-76)103-104(96,101-51-15-9-7-10-16-51)102-52-17-11-8-12-18-52/h7-12,15-18,21-26,42-43,45,54-66,68,78,81-83,89H,13-14,19-20,27-41,44H2,1-6H3,(H,77,79)(H,80,88)(H,84,90)(H,85,91)/t54?,55?,56?,57?,58?,59?,60?,61-,62-,63-,64?,65?,66?,68?,76?/m0/s1. The van der Waals surface area contributed by atoms with Gasteiger partial charge in [-0.2, -0.15) is 0 Å². The second-order valence-electron chi connectivity index (χ2n) is 29.6. The number of phenols is 1. The Kier molecular flexibility index (Phi) is 24.1. The molecule has 1 aromatic heterocycles. The lowest BCUT2D eigenvalue weighted by Crippen LogP contribution is -2.62. The van der Waals surface area contributed by atoms with E-state index in [0.29, 0.717) is 37.1 Å². The number of para-hydroxylation sites is 2. The van der Waals surface area contributed by atoms with Crippen molar-refractivity contribution in [1.82, 2.24) is 57.0 Å². The number of phosphoric acid groups is 1. The van der Waals surface area contributed by atoms with Crippen molar-refractivity contribution in [3.63, 3.8) is 0 Å². The lowest BCUT2D eigenvalue weighted by molar-refractivity contribution is -0.159. The van der Waals surface area contributed by atoms with Crippen LogP contribution in [0, 0.1) is 5.41 Å². The van der Waals surface area contributed by atoms with E-state index >= 15 is 9.59 Å². The van der Waals surface area contributed by atoms with Crippen LogP contribution in [-0.2, 0) is 71.4 Å². The fraction of sp³-hybridized carbons (Fsp3) is 0.553. The fourth-order valence-corrected chi connectivity index (χ4v) is 18.0. The van der Waals surface area contributed by atoms with Crippen LogP contribution in [0.1, 0.15) is 128 Å². The maximum atomic E-state index is 15.9. The van der Waals surface area contributed by atoms with Gasteiger partial charge in [-0.05, 0) is 137 Å². The smallest absolute Gasteiger partial charge is 0.508 e. The number of rotatable bonds is 29. The molecule has 7 fully saturated rings. The van der Waals surface area contributed by atoms with Crippen LogP contribution < -0.4 is 55.7 Å². The minimum atomic E-state index is -4.55. The minimum absolute atomic E-state index is 0.00800. The SMILES string of the molecule is COC(=O)[C@H](Cc1ccc(OCC2(C(=O)C(C)(C)C)OCCC2OP(=O)(Oc2ccccc2)Oc2ccccc2)cc1OC)NC(=O)C1CCC(C2CCC(C3CCCN3)N2)N1C(=O)[C@H](Cc1cnc[nH]1)NC(=O)C1CCC(C2CCC(C3CCCN3C(=O)[C@H](Cc3ccc(O)cc3)NC(C)=O)N2)N1. The maximum Gasteiger partial charge on any atom is 0.587 e. The molecular weight excluding hydrogens is 1350 g/mol. The molecule has 0 saturated carbocycles. The largest absolute Gasteiger partial charge is 0.587 e. The number of phenolic OH excluding ortho intramolecular Hbond substituents is 1. The zero-order valence-corrected chi connectivity index (χ0v) is 60.9. The van der Waals surface area contributed by atoms with Gasteiger partial charge in [-0.25, -0.2) is 14.3 Å². The highest BCUT2D eigenvalue weighted by Crippen LogP contribution is 2.54. The van der Waals surface area contributed by atoms with Gasteiger partial charge in [-0.3, -0.25) is 33.3 Å². The molecule has 4 aromatic carbocycles. The molecule has 27 nitrogen and oxygen atoms in total. The number of amides is 5. The molecule has 5 amide bonds. The van der Waals surface area contributed by atoms with Crippen molar-refractivity contribution in [2.24, 2.45) is 5.41 Å². The maximum absolute atomic E-state index is 15.9. The molecular formula is C76H100N11O16P. The van der Waals surface area contributed by atoms with Crippen LogP contribution in [-0.4, -0.2) is 197 Å². The first-order valence-corrected chi connectivity index (χ1v) is 38.1. The zero-order chi connectivity index (χ0) is 73.3. The lowest BCUT2D eigenvalue weighted by atomic mass is 9.78. The molecule has 0 aliphatic carbocycles. The molecule has 0 spiro atoms. The Labute approximate surface area is 607 Å². The van der Waals surface area contributed by atoms with E-state index in [9.17, 15) is 33.6 Å². The molecule has 8 heterocycles. The molecule has 0 radical (unpaired) electrons. The molecule has 104 heavy (non-hydrogen) atoms. The van der Waals surface area contributed by atoms with Crippen molar-refractivity contribution in [3.05, 3.63) is 132 Å². The number of aromatic nitrogens is 2. The average molecular weight is 1450 g/mol. The number of carbonyl (C=O) groups is 7. The van der Waals surface area contributed by atoms with Gasteiger partial charge in [-0.15, -0.1) is 0 Å². The van der Waals surface area contributed by atoms with Crippen molar-refractivity contribution in [2.75, 3.05) is 40.5 Å². The summed E-state index contributed by atoms with van der Waals surface area (Å²) >= 11 is 0. The lowest BCUT2D eigenvalue weighted by Gasteiger charge is -2.37. The van der Waals surface area contributed by atoms with E-state index in [0.717, 1.165) is 63.5 Å². The number of benzene rings is 4. The Hall–Kier alpha value is -8.43. The summed E-state index contributed by atoms with van der Waals surface area (Å²) in [7, 11) is -1.88. The topological polar surface area (TPSA) is 341 Å². The molecule has 7 saturated heterocycles. The van der Waals surface area contributed by atoms with Crippen molar-refractivity contribution in [1.29, 1.82) is 0 Å². The van der Waals surface area contributed by atoms with Crippen LogP contribution in [0.15, 0.2) is 116 Å². The van der Waals surface area contributed by atoms with E-state index in [1.807, 2.05) is 4.90 Å². The molecule has 7 aliphatic rings. The summed E-state index contributed by atoms with van der Waals surface area (Å²) in [5.41, 5.74) is -0.942. The normalized spacial score (nSPS) is 27.0. The number of imidazole rings is 1. The molecule has 5 aromatic rings. The van der Waals surface area contributed by atoms with Gasteiger partial charge < -0.3 is 85.1 Å².